The van der Waals surface area contributed by atoms with Crippen LogP contribution in [0.3, 0.4) is 0 Å². The summed E-state index contributed by atoms with van der Waals surface area (Å²) in [6.07, 6.45) is 2.70. The quantitative estimate of drug-likeness (QED) is 0.609. The Bertz CT molecular complexity index is 379. The van der Waals surface area contributed by atoms with Crippen LogP contribution in [0.1, 0.15) is 10.4 Å². The summed E-state index contributed by atoms with van der Waals surface area (Å²) in [7, 11) is 3.48. The largest absolute Gasteiger partial charge is 0.507 e. The molecule has 0 aromatic heterocycles. The van der Waals surface area contributed by atoms with E-state index < -0.39 is 11.6 Å². The van der Waals surface area contributed by atoms with Gasteiger partial charge in [0.05, 0.1) is 5.56 Å². The zero-order valence-corrected chi connectivity index (χ0v) is 8.57. The topological polar surface area (TPSA) is 40.5 Å². The number of rotatable bonds is 3. The van der Waals surface area contributed by atoms with Crippen molar-refractivity contribution in [3.63, 3.8) is 0 Å². The molecule has 0 amide bonds. The molecule has 0 bridgehead atoms. The fourth-order valence-electron chi connectivity index (χ4n) is 1.06. The Morgan fingerprint density at radius 1 is 1.47 bits per heavy atom. The van der Waals surface area contributed by atoms with Crippen LogP contribution in [0.4, 0.5) is 4.39 Å². The predicted octanol–water partition coefficient (Wildman–Crippen LogP) is 1.79. The number of halogens is 1. The van der Waals surface area contributed by atoms with Crippen LogP contribution in [-0.2, 0) is 0 Å². The SMILES string of the molecule is CN(C)C=CC(=O)c1c(O)cccc1F. The fraction of sp³-hybridized carbons (Fsp3) is 0.182. The van der Waals surface area contributed by atoms with Gasteiger partial charge in [0.25, 0.3) is 0 Å². The molecule has 0 aliphatic rings. The molecule has 1 N–H and O–H groups in total. The lowest BCUT2D eigenvalue weighted by Crippen LogP contribution is -2.04. The molecule has 15 heavy (non-hydrogen) atoms. The number of benzene rings is 1. The molecule has 0 spiro atoms. The summed E-state index contributed by atoms with van der Waals surface area (Å²) in [4.78, 5) is 13.1. The number of nitrogens with zero attached hydrogens (tertiary/aromatic N) is 1. The third-order valence-electron chi connectivity index (χ3n) is 1.76. The summed E-state index contributed by atoms with van der Waals surface area (Å²) in [5.74, 6) is -1.62. The Kier molecular flexibility index (Phi) is 3.44. The molecule has 0 unspecified atom stereocenters. The van der Waals surface area contributed by atoms with Crippen molar-refractivity contribution in [3.05, 3.63) is 41.9 Å². The van der Waals surface area contributed by atoms with E-state index in [1.165, 1.54) is 24.4 Å². The molecular weight excluding hydrogens is 197 g/mol. The summed E-state index contributed by atoms with van der Waals surface area (Å²) in [6, 6.07) is 3.76. The van der Waals surface area contributed by atoms with Gasteiger partial charge in [-0.1, -0.05) is 6.07 Å². The zero-order valence-electron chi connectivity index (χ0n) is 8.57. The van der Waals surface area contributed by atoms with Crippen LogP contribution in [-0.4, -0.2) is 29.9 Å². The van der Waals surface area contributed by atoms with Gasteiger partial charge in [-0.2, -0.15) is 0 Å². The van der Waals surface area contributed by atoms with Gasteiger partial charge in [-0.15, -0.1) is 0 Å². The lowest BCUT2D eigenvalue weighted by atomic mass is 10.1. The third kappa shape index (κ3) is 2.80. The van der Waals surface area contributed by atoms with Gasteiger partial charge in [0.1, 0.15) is 11.6 Å². The number of phenolic OH excluding ortho intramolecular Hbond substituents is 1. The maximum atomic E-state index is 13.2. The van der Waals surface area contributed by atoms with Gasteiger partial charge in [0.15, 0.2) is 5.78 Å². The van der Waals surface area contributed by atoms with Crippen LogP contribution >= 0.6 is 0 Å². The van der Waals surface area contributed by atoms with Gasteiger partial charge in [-0.3, -0.25) is 4.79 Å². The van der Waals surface area contributed by atoms with E-state index in [1.807, 2.05) is 0 Å². The van der Waals surface area contributed by atoms with Crippen molar-refractivity contribution in [3.8, 4) is 5.75 Å². The van der Waals surface area contributed by atoms with Crippen LogP contribution in [0.25, 0.3) is 0 Å². The van der Waals surface area contributed by atoms with E-state index in [9.17, 15) is 14.3 Å². The molecule has 0 aliphatic carbocycles. The number of phenols is 1. The van der Waals surface area contributed by atoms with Crippen molar-refractivity contribution in [2.45, 2.75) is 0 Å². The molecule has 0 radical (unpaired) electrons. The maximum Gasteiger partial charge on any atom is 0.193 e. The second-order valence-corrected chi connectivity index (χ2v) is 3.28. The first-order valence-electron chi connectivity index (χ1n) is 4.39. The summed E-state index contributed by atoms with van der Waals surface area (Å²) in [5, 5.41) is 9.32. The number of hydrogen-bond acceptors (Lipinski definition) is 3. The Balaban J connectivity index is 3.01. The first-order valence-corrected chi connectivity index (χ1v) is 4.39. The summed E-state index contributed by atoms with van der Waals surface area (Å²) >= 11 is 0. The second-order valence-electron chi connectivity index (χ2n) is 3.28. The van der Waals surface area contributed by atoms with Gasteiger partial charge in [0, 0.05) is 26.4 Å². The minimum absolute atomic E-state index is 0.296. The highest BCUT2D eigenvalue weighted by Gasteiger charge is 2.13. The Morgan fingerprint density at radius 3 is 2.67 bits per heavy atom. The highest BCUT2D eigenvalue weighted by Crippen LogP contribution is 2.20. The van der Waals surface area contributed by atoms with E-state index in [0.717, 1.165) is 6.07 Å². The van der Waals surface area contributed by atoms with Crippen molar-refractivity contribution >= 4 is 5.78 Å². The van der Waals surface area contributed by atoms with E-state index in [1.54, 1.807) is 19.0 Å². The van der Waals surface area contributed by atoms with Gasteiger partial charge in [-0.05, 0) is 12.1 Å². The highest BCUT2D eigenvalue weighted by molar-refractivity contribution is 6.06. The Labute approximate surface area is 87.4 Å². The van der Waals surface area contributed by atoms with Crippen molar-refractivity contribution in [2.24, 2.45) is 0 Å². The van der Waals surface area contributed by atoms with E-state index in [2.05, 4.69) is 0 Å². The van der Waals surface area contributed by atoms with Crippen molar-refractivity contribution in [1.29, 1.82) is 0 Å². The minimum atomic E-state index is -0.719. The van der Waals surface area contributed by atoms with Gasteiger partial charge >= 0.3 is 0 Å². The third-order valence-corrected chi connectivity index (χ3v) is 1.76. The van der Waals surface area contributed by atoms with E-state index in [4.69, 9.17) is 0 Å². The zero-order chi connectivity index (χ0) is 11.4. The lowest BCUT2D eigenvalue weighted by Gasteiger charge is -2.04. The molecule has 3 nitrogen and oxygen atoms in total. The van der Waals surface area contributed by atoms with Gasteiger partial charge in [0.2, 0.25) is 0 Å². The van der Waals surface area contributed by atoms with Crippen molar-refractivity contribution in [2.75, 3.05) is 14.1 Å². The number of carbonyl (C=O) groups is 1. The normalized spacial score (nSPS) is 10.6. The van der Waals surface area contributed by atoms with Gasteiger partial charge < -0.3 is 10.0 Å². The van der Waals surface area contributed by atoms with Crippen molar-refractivity contribution < 1.29 is 14.3 Å². The molecule has 4 heteroatoms. The molecular formula is C11H12FNO2. The highest BCUT2D eigenvalue weighted by atomic mass is 19.1. The molecule has 0 fully saturated rings. The van der Waals surface area contributed by atoms with E-state index in [-0.39, 0.29) is 11.3 Å². The molecule has 0 saturated heterocycles. The molecule has 1 aromatic carbocycles. The number of ketones is 1. The molecule has 0 saturated carbocycles. The van der Waals surface area contributed by atoms with Crippen LogP contribution in [0.15, 0.2) is 30.5 Å². The van der Waals surface area contributed by atoms with Crippen LogP contribution in [0.5, 0.6) is 5.75 Å². The monoisotopic (exact) mass is 209 g/mol. The average Bonchev–Trinajstić information content (AvgIpc) is 2.14. The molecule has 0 atom stereocenters. The lowest BCUT2D eigenvalue weighted by molar-refractivity contribution is 0.103. The first-order chi connectivity index (χ1) is 7.02. The number of hydrogen-bond donors (Lipinski definition) is 1. The number of aromatic hydroxyl groups is 1. The molecule has 1 rings (SSSR count). The average molecular weight is 209 g/mol. The minimum Gasteiger partial charge on any atom is -0.507 e. The second kappa shape index (κ2) is 4.59. The van der Waals surface area contributed by atoms with Crippen LogP contribution < -0.4 is 0 Å². The van der Waals surface area contributed by atoms with E-state index >= 15 is 0 Å². The number of carbonyl (C=O) groups excluding carboxylic acids is 1. The summed E-state index contributed by atoms with van der Waals surface area (Å²) in [6.45, 7) is 0. The summed E-state index contributed by atoms with van der Waals surface area (Å²) < 4.78 is 13.2. The Hall–Kier alpha value is -1.84. The maximum absolute atomic E-state index is 13.2. The molecule has 0 heterocycles. The first kappa shape index (κ1) is 11.2. The molecule has 0 aliphatic heterocycles. The van der Waals surface area contributed by atoms with Crippen LogP contribution in [0.2, 0.25) is 0 Å². The fourth-order valence-corrected chi connectivity index (χ4v) is 1.06. The number of allylic oxidation sites excluding steroid dienone is 1. The molecule has 1 aromatic rings. The summed E-state index contributed by atoms with van der Waals surface area (Å²) in [5.41, 5.74) is -0.296. The van der Waals surface area contributed by atoms with Gasteiger partial charge in [-0.25, -0.2) is 4.39 Å². The van der Waals surface area contributed by atoms with Crippen LogP contribution in [0, 0.1) is 5.82 Å². The Morgan fingerprint density at radius 2 is 2.13 bits per heavy atom. The van der Waals surface area contributed by atoms with Crippen molar-refractivity contribution in [1.82, 2.24) is 4.90 Å². The smallest absolute Gasteiger partial charge is 0.193 e. The van der Waals surface area contributed by atoms with E-state index in [0.29, 0.717) is 0 Å². The molecule has 80 valence electrons. The predicted molar refractivity (Wildman–Crippen MR) is 55.2 cm³/mol. The standard InChI is InChI=1S/C11H12FNO2/c1-13(2)7-6-10(15)11-8(12)4-3-5-9(11)14/h3-7,14H,1-2H3.